The summed E-state index contributed by atoms with van der Waals surface area (Å²) in [6, 6.07) is 6.21. The zero-order valence-corrected chi connectivity index (χ0v) is 11.9. The number of aryl methyl sites for hydroxylation is 1. The minimum Gasteiger partial charge on any atom is -0.481 e. The molecule has 1 aromatic carbocycles. The Balaban J connectivity index is 2.07. The second-order valence-corrected chi connectivity index (χ2v) is 5.43. The number of carbonyl (C=O) groups excluding carboxylic acids is 1. The topological polar surface area (TPSA) is 57.6 Å². The van der Waals surface area contributed by atoms with E-state index >= 15 is 0 Å². The molecule has 0 amide bonds. The number of rotatable bonds is 6. The number of carboxylic acid groups (broad SMARTS) is 1. The van der Waals surface area contributed by atoms with Crippen molar-refractivity contribution in [3.05, 3.63) is 29.3 Å². The van der Waals surface area contributed by atoms with Gasteiger partial charge in [0.05, 0.1) is 0 Å². The molecule has 20 heavy (non-hydrogen) atoms. The van der Waals surface area contributed by atoms with E-state index in [0.717, 1.165) is 31.5 Å². The minimum atomic E-state index is -0.737. The maximum atomic E-state index is 11.2. The van der Waals surface area contributed by atoms with Crippen molar-refractivity contribution in [2.45, 2.75) is 39.0 Å². The third-order valence-corrected chi connectivity index (χ3v) is 3.63. The van der Waals surface area contributed by atoms with Crippen molar-refractivity contribution >= 4 is 17.4 Å². The van der Waals surface area contributed by atoms with E-state index in [1.165, 1.54) is 11.3 Å². The first-order valence-electron chi connectivity index (χ1n) is 7.14. The predicted molar refractivity (Wildman–Crippen MR) is 78.2 cm³/mol. The van der Waals surface area contributed by atoms with Crippen LogP contribution in [0.1, 0.15) is 37.3 Å². The number of carboxylic acids is 1. The summed E-state index contributed by atoms with van der Waals surface area (Å²) in [6.07, 6.45) is 3.50. The fraction of sp³-hybridized carbons (Fsp3) is 0.500. The van der Waals surface area contributed by atoms with Gasteiger partial charge in [-0.1, -0.05) is 12.1 Å². The van der Waals surface area contributed by atoms with E-state index in [9.17, 15) is 9.59 Å². The Bertz CT molecular complexity index is 510. The fourth-order valence-corrected chi connectivity index (χ4v) is 2.78. The molecule has 2 rings (SSSR count). The molecule has 4 nitrogen and oxygen atoms in total. The summed E-state index contributed by atoms with van der Waals surface area (Å²) in [6.45, 7) is 3.38. The van der Waals surface area contributed by atoms with Gasteiger partial charge in [-0.25, -0.2) is 0 Å². The quantitative estimate of drug-likeness (QED) is 0.866. The summed E-state index contributed by atoms with van der Waals surface area (Å²) in [5.74, 6) is -0.557. The van der Waals surface area contributed by atoms with Crippen LogP contribution in [0.25, 0.3) is 0 Å². The van der Waals surface area contributed by atoms with Crippen LogP contribution in [0.15, 0.2) is 18.2 Å². The van der Waals surface area contributed by atoms with E-state index in [1.807, 2.05) is 6.07 Å². The first-order chi connectivity index (χ1) is 9.56. The number of carbonyl (C=O) groups is 2. The Morgan fingerprint density at radius 1 is 1.35 bits per heavy atom. The summed E-state index contributed by atoms with van der Waals surface area (Å²) >= 11 is 0. The number of hydrogen-bond acceptors (Lipinski definition) is 3. The van der Waals surface area contributed by atoms with E-state index in [0.29, 0.717) is 12.8 Å². The number of Topliss-reactive ketones (excluding diaryl/α,β-unsaturated/α-hetero) is 1. The summed E-state index contributed by atoms with van der Waals surface area (Å²) in [5, 5.41) is 8.71. The van der Waals surface area contributed by atoms with Crippen molar-refractivity contribution in [1.29, 1.82) is 0 Å². The first-order valence-corrected chi connectivity index (χ1v) is 7.14. The van der Waals surface area contributed by atoms with Gasteiger partial charge in [0.15, 0.2) is 0 Å². The van der Waals surface area contributed by atoms with Crippen LogP contribution >= 0.6 is 0 Å². The number of aliphatic carboxylic acids is 1. The second-order valence-electron chi connectivity index (χ2n) is 5.43. The van der Waals surface area contributed by atoms with Crippen molar-refractivity contribution < 1.29 is 14.7 Å². The number of nitrogens with zero attached hydrogens (tertiary/aromatic N) is 1. The van der Waals surface area contributed by atoms with Crippen LogP contribution in [-0.4, -0.2) is 29.9 Å². The molecule has 0 spiro atoms. The van der Waals surface area contributed by atoms with E-state index in [4.69, 9.17) is 5.11 Å². The van der Waals surface area contributed by atoms with E-state index in [-0.39, 0.29) is 12.2 Å². The summed E-state index contributed by atoms with van der Waals surface area (Å²) in [4.78, 5) is 24.0. The van der Waals surface area contributed by atoms with Crippen LogP contribution < -0.4 is 4.90 Å². The van der Waals surface area contributed by atoms with Crippen LogP contribution in [-0.2, 0) is 22.4 Å². The normalized spacial score (nSPS) is 13.9. The van der Waals surface area contributed by atoms with Crippen molar-refractivity contribution in [2.24, 2.45) is 0 Å². The van der Waals surface area contributed by atoms with Crippen LogP contribution in [0.2, 0.25) is 0 Å². The highest BCUT2D eigenvalue weighted by Crippen LogP contribution is 2.28. The molecule has 0 aromatic heterocycles. The van der Waals surface area contributed by atoms with Crippen molar-refractivity contribution in [2.75, 3.05) is 18.0 Å². The van der Waals surface area contributed by atoms with Gasteiger partial charge in [-0.3, -0.25) is 9.59 Å². The highest BCUT2D eigenvalue weighted by molar-refractivity contribution is 5.78. The lowest BCUT2D eigenvalue weighted by molar-refractivity contribution is -0.137. The fourth-order valence-electron chi connectivity index (χ4n) is 2.78. The lowest BCUT2D eigenvalue weighted by Crippen LogP contribution is -2.30. The van der Waals surface area contributed by atoms with Crippen LogP contribution in [0.4, 0.5) is 5.69 Å². The number of anilines is 1. The van der Waals surface area contributed by atoms with Crippen LogP contribution in [0, 0.1) is 0 Å². The molecular formula is C16H21NO3. The second kappa shape index (κ2) is 6.55. The standard InChI is InChI=1S/C16H21NO3/c1-12(18)10-13-6-7-15-14(11-13)4-2-8-17(15)9-3-5-16(19)20/h6-7,11H,2-5,8-10H2,1H3,(H,19,20). The van der Waals surface area contributed by atoms with Gasteiger partial charge in [0.1, 0.15) is 5.78 Å². The molecule has 1 aliphatic rings. The molecule has 0 fully saturated rings. The van der Waals surface area contributed by atoms with Gasteiger partial charge in [0.25, 0.3) is 0 Å². The third-order valence-electron chi connectivity index (χ3n) is 3.63. The molecule has 0 bridgehead atoms. The molecular weight excluding hydrogens is 254 g/mol. The SMILES string of the molecule is CC(=O)Cc1ccc2c(c1)CCCN2CCCC(=O)O. The average Bonchev–Trinajstić information content (AvgIpc) is 2.37. The minimum absolute atomic E-state index is 0.180. The summed E-state index contributed by atoms with van der Waals surface area (Å²) in [5.41, 5.74) is 3.56. The lowest BCUT2D eigenvalue weighted by Gasteiger charge is -2.31. The Hall–Kier alpha value is -1.84. The summed E-state index contributed by atoms with van der Waals surface area (Å²) in [7, 11) is 0. The van der Waals surface area contributed by atoms with Gasteiger partial charge in [-0.15, -0.1) is 0 Å². The molecule has 0 saturated heterocycles. The highest BCUT2D eigenvalue weighted by atomic mass is 16.4. The van der Waals surface area contributed by atoms with Gasteiger partial charge in [0, 0.05) is 31.6 Å². The molecule has 0 radical (unpaired) electrons. The monoisotopic (exact) mass is 275 g/mol. The summed E-state index contributed by atoms with van der Waals surface area (Å²) < 4.78 is 0. The molecule has 0 unspecified atom stereocenters. The number of ketones is 1. The molecule has 0 aliphatic carbocycles. The smallest absolute Gasteiger partial charge is 0.303 e. The molecule has 1 aromatic rings. The number of benzene rings is 1. The molecule has 0 atom stereocenters. The maximum Gasteiger partial charge on any atom is 0.303 e. The molecule has 1 heterocycles. The first kappa shape index (κ1) is 14.6. The van der Waals surface area contributed by atoms with Crippen molar-refractivity contribution in [3.63, 3.8) is 0 Å². The lowest BCUT2D eigenvalue weighted by atomic mass is 9.97. The average molecular weight is 275 g/mol. The van der Waals surface area contributed by atoms with E-state index in [1.54, 1.807) is 6.92 Å². The number of fused-ring (bicyclic) bond motifs is 1. The van der Waals surface area contributed by atoms with Crippen molar-refractivity contribution in [1.82, 2.24) is 0 Å². The maximum absolute atomic E-state index is 11.2. The predicted octanol–water partition coefficient (Wildman–Crippen LogP) is 2.44. The Kier molecular flexibility index (Phi) is 4.77. The zero-order chi connectivity index (χ0) is 14.5. The Morgan fingerprint density at radius 3 is 2.85 bits per heavy atom. The van der Waals surface area contributed by atoms with E-state index < -0.39 is 5.97 Å². The van der Waals surface area contributed by atoms with Crippen molar-refractivity contribution in [3.8, 4) is 0 Å². The zero-order valence-electron chi connectivity index (χ0n) is 11.9. The molecule has 4 heteroatoms. The Labute approximate surface area is 119 Å². The molecule has 1 aliphatic heterocycles. The Morgan fingerprint density at radius 2 is 2.15 bits per heavy atom. The molecule has 108 valence electrons. The van der Waals surface area contributed by atoms with Gasteiger partial charge in [-0.05, 0) is 43.4 Å². The van der Waals surface area contributed by atoms with Gasteiger partial charge in [-0.2, -0.15) is 0 Å². The van der Waals surface area contributed by atoms with Gasteiger partial charge in [0.2, 0.25) is 0 Å². The van der Waals surface area contributed by atoms with Crippen LogP contribution in [0.3, 0.4) is 0 Å². The van der Waals surface area contributed by atoms with Crippen LogP contribution in [0.5, 0.6) is 0 Å². The van der Waals surface area contributed by atoms with Gasteiger partial charge >= 0.3 is 5.97 Å². The number of hydrogen-bond donors (Lipinski definition) is 1. The molecule has 1 N–H and O–H groups in total. The largest absolute Gasteiger partial charge is 0.481 e. The highest BCUT2D eigenvalue weighted by Gasteiger charge is 2.17. The van der Waals surface area contributed by atoms with Gasteiger partial charge < -0.3 is 10.0 Å². The van der Waals surface area contributed by atoms with E-state index in [2.05, 4.69) is 17.0 Å². The molecule has 0 saturated carbocycles. The third kappa shape index (κ3) is 3.83.